The topological polar surface area (TPSA) is 53.6 Å². The van der Waals surface area contributed by atoms with Crippen molar-refractivity contribution in [2.45, 2.75) is 31.8 Å². The molecule has 5 nitrogen and oxygen atoms in total. The van der Waals surface area contributed by atoms with Crippen LogP contribution in [0.1, 0.15) is 37.3 Å². The van der Waals surface area contributed by atoms with E-state index in [2.05, 4.69) is 28.7 Å². The summed E-state index contributed by atoms with van der Waals surface area (Å²) in [4.78, 5) is 15.7. The smallest absolute Gasteiger partial charge is 0.255 e. The molecule has 0 radical (unpaired) electrons. The van der Waals surface area contributed by atoms with Crippen LogP contribution < -0.4 is 10.6 Å². The molecule has 0 spiro atoms. The molecule has 3 aliphatic heterocycles. The predicted molar refractivity (Wildman–Crippen MR) is 136 cm³/mol. The molecule has 2 unspecified atom stereocenters. The highest BCUT2D eigenvalue weighted by Gasteiger charge is 2.45. The van der Waals surface area contributed by atoms with Crippen molar-refractivity contribution in [1.29, 1.82) is 0 Å². The van der Waals surface area contributed by atoms with Gasteiger partial charge >= 0.3 is 0 Å². The highest BCUT2D eigenvalue weighted by atomic mass is 35.5. The number of carbonyl (C=O) groups is 1. The summed E-state index contributed by atoms with van der Waals surface area (Å²) in [6.07, 6.45) is 2.85. The lowest BCUT2D eigenvalue weighted by Gasteiger charge is -2.44. The number of nitrogens with zero attached hydrogens (tertiary/aromatic N) is 1. The number of carbonyl (C=O) groups excluding carboxylic acids is 1. The molecule has 3 aliphatic rings. The number of likely N-dealkylation sites (N-methyl/N-ethyl adjacent to an activating group) is 1. The van der Waals surface area contributed by atoms with Crippen LogP contribution in [0.2, 0.25) is 10.0 Å². The molecule has 2 aromatic rings. The van der Waals surface area contributed by atoms with E-state index in [9.17, 15) is 4.79 Å². The lowest BCUT2D eigenvalue weighted by atomic mass is 9.78. The number of hydrogen-bond donors (Lipinski definition) is 2. The van der Waals surface area contributed by atoms with Gasteiger partial charge in [-0.15, -0.1) is 0 Å². The Balaban J connectivity index is 1.67. The Kier molecular flexibility index (Phi) is 5.96. The lowest BCUT2D eigenvalue weighted by Crippen LogP contribution is -2.61. The summed E-state index contributed by atoms with van der Waals surface area (Å²) in [6, 6.07) is 15.5. The molecule has 176 valence electrons. The van der Waals surface area contributed by atoms with Crippen LogP contribution in [0.3, 0.4) is 0 Å². The van der Waals surface area contributed by atoms with E-state index in [1.165, 1.54) is 0 Å². The summed E-state index contributed by atoms with van der Waals surface area (Å²) in [5.74, 6) is 0.994. The average Bonchev–Trinajstić information content (AvgIpc) is 2.80. The molecule has 0 aliphatic carbocycles. The number of ether oxygens (including phenoxy) is 1. The molecule has 0 fully saturated rings. The van der Waals surface area contributed by atoms with E-state index >= 15 is 0 Å². The summed E-state index contributed by atoms with van der Waals surface area (Å²) in [7, 11) is 2.08. The Hall–Kier alpha value is -2.73. The minimum atomic E-state index is -0.579. The van der Waals surface area contributed by atoms with Crippen molar-refractivity contribution in [3.63, 3.8) is 0 Å². The normalized spacial score (nSPS) is 26.0. The Morgan fingerprint density at radius 3 is 2.35 bits per heavy atom. The summed E-state index contributed by atoms with van der Waals surface area (Å²) >= 11 is 12.3. The zero-order valence-corrected chi connectivity index (χ0v) is 20.9. The molecule has 0 bridgehead atoms. The first-order valence-corrected chi connectivity index (χ1v) is 12.2. The summed E-state index contributed by atoms with van der Waals surface area (Å²) in [5.41, 5.74) is 4.19. The van der Waals surface area contributed by atoms with Gasteiger partial charge in [-0.3, -0.25) is 9.69 Å². The minimum absolute atomic E-state index is 0.110. The molecule has 2 N–H and O–H groups in total. The number of nitrogens with one attached hydrogen (secondary N) is 2. The molecular weight excluding hydrogens is 469 g/mol. The molecule has 34 heavy (non-hydrogen) atoms. The molecule has 2 atom stereocenters. The monoisotopic (exact) mass is 495 g/mol. The van der Waals surface area contributed by atoms with Crippen LogP contribution in [0.15, 0.2) is 76.9 Å². The lowest BCUT2D eigenvalue weighted by molar-refractivity contribution is -0.121. The Morgan fingerprint density at radius 1 is 1.06 bits per heavy atom. The van der Waals surface area contributed by atoms with Gasteiger partial charge in [0.25, 0.3) is 5.91 Å². The first kappa shape index (κ1) is 23.0. The molecule has 0 saturated carbocycles. The van der Waals surface area contributed by atoms with E-state index in [0.717, 1.165) is 34.6 Å². The SMILES string of the molecule is CCC1(C)NC(=O)C2=C(N1)OC1=C(CN(C)C/C1=C/c1ccc(Cl)cc1)C2c1ccc(Cl)cc1. The average molecular weight is 496 g/mol. The maximum Gasteiger partial charge on any atom is 0.255 e. The quantitative estimate of drug-likeness (QED) is 0.594. The van der Waals surface area contributed by atoms with E-state index in [0.29, 0.717) is 34.5 Å². The molecule has 7 heteroatoms. The van der Waals surface area contributed by atoms with E-state index in [1.54, 1.807) is 0 Å². The van der Waals surface area contributed by atoms with Crippen LogP contribution in [0.5, 0.6) is 0 Å². The molecule has 0 saturated heterocycles. The van der Waals surface area contributed by atoms with Crippen molar-refractivity contribution in [3.05, 3.63) is 98.1 Å². The highest BCUT2D eigenvalue weighted by Crippen LogP contribution is 2.46. The fraction of sp³-hybridized carbons (Fsp3) is 0.296. The third-order valence-electron chi connectivity index (χ3n) is 6.69. The Labute approximate surface area is 210 Å². The van der Waals surface area contributed by atoms with Crippen LogP contribution in [0.25, 0.3) is 6.08 Å². The van der Waals surface area contributed by atoms with Crippen molar-refractivity contribution in [3.8, 4) is 0 Å². The van der Waals surface area contributed by atoms with Gasteiger partial charge in [0.2, 0.25) is 5.88 Å². The number of hydrogen-bond acceptors (Lipinski definition) is 4. The van der Waals surface area contributed by atoms with Gasteiger partial charge in [-0.05, 0) is 67.4 Å². The highest BCUT2D eigenvalue weighted by molar-refractivity contribution is 6.30. The largest absolute Gasteiger partial charge is 0.440 e. The second-order valence-electron chi connectivity index (χ2n) is 9.34. The van der Waals surface area contributed by atoms with Crippen LogP contribution in [0, 0.1) is 0 Å². The van der Waals surface area contributed by atoms with Crippen molar-refractivity contribution in [2.24, 2.45) is 0 Å². The molecule has 5 rings (SSSR count). The maximum atomic E-state index is 13.4. The van der Waals surface area contributed by atoms with Crippen LogP contribution in [0.4, 0.5) is 0 Å². The van der Waals surface area contributed by atoms with Gasteiger partial charge in [0, 0.05) is 34.6 Å². The number of halogens is 2. The van der Waals surface area contributed by atoms with Gasteiger partial charge in [0.1, 0.15) is 11.4 Å². The standard InChI is InChI=1S/C27H27Cl2N3O2/c1-4-27(2)30-25(33)23-22(17-7-11-20(29)12-8-17)21-15-32(3)14-18(24(21)34-26(23)31-27)13-16-5-9-19(28)10-6-16/h5-13,22,31H,4,14-15H2,1-3H3,(H,30,33)/b18-13-. The van der Waals surface area contributed by atoms with Gasteiger partial charge in [-0.2, -0.15) is 0 Å². The summed E-state index contributed by atoms with van der Waals surface area (Å²) < 4.78 is 6.53. The molecule has 1 amide bonds. The van der Waals surface area contributed by atoms with Crippen LogP contribution >= 0.6 is 23.2 Å². The number of amides is 1. The Bertz CT molecular complexity index is 1230. The second-order valence-corrected chi connectivity index (χ2v) is 10.2. The number of benzene rings is 2. The zero-order valence-electron chi connectivity index (χ0n) is 19.4. The van der Waals surface area contributed by atoms with E-state index in [-0.39, 0.29) is 11.8 Å². The molecule has 3 heterocycles. The van der Waals surface area contributed by atoms with Gasteiger partial charge in [-0.25, -0.2) is 0 Å². The van der Waals surface area contributed by atoms with Crippen LogP contribution in [-0.2, 0) is 9.53 Å². The van der Waals surface area contributed by atoms with Gasteiger partial charge in [0.15, 0.2) is 0 Å². The summed E-state index contributed by atoms with van der Waals surface area (Å²) in [6.45, 7) is 5.42. The predicted octanol–water partition coefficient (Wildman–Crippen LogP) is 5.45. The van der Waals surface area contributed by atoms with E-state index in [1.807, 2.05) is 62.4 Å². The molecule has 2 aromatic carbocycles. The third kappa shape index (κ3) is 4.24. The molecule has 0 aromatic heterocycles. The van der Waals surface area contributed by atoms with Gasteiger partial charge < -0.3 is 15.4 Å². The fourth-order valence-corrected chi connectivity index (χ4v) is 5.05. The van der Waals surface area contributed by atoms with E-state index < -0.39 is 5.66 Å². The van der Waals surface area contributed by atoms with Crippen molar-refractivity contribution >= 4 is 35.2 Å². The molecular formula is C27H27Cl2N3O2. The Morgan fingerprint density at radius 2 is 1.71 bits per heavy atom. The first-order chi connectivity index (χ1) is 16.3. The van der Waals surface area contributed by atoms with Crippen molar-refractivity contribution in [2.75, 3.05) is 20.1 Å². The fourth-order valence-electron chi connectivity index (χ4n) is 4.80. The van der Waals surface area contributed by atoms with Crippen molar-refractivity contribution < 1.29 is 9.53 Å². The van der Waals surface area contributed by atoms with Gasteiger partial charge in [-0.1, -0.05) is 54.4 Å². The summed E-state index contributed by atoms with van der Waals surface area (Å²) in [5, 5.41) is 7.96. The zero-order chi connectivity index (χ0) is 24.0. The van der Waals surface area contributed by atoms with Gasteiger partial charge in [0.05, 0.1) is 5.57 Å². The first-order valence-electron chi connectivity index (χ1n) is 11.4. The van der Waals surface area contributed by atoms with E-state index in [4.69, 9.17) is 27.9 Å². The van der Waals surface area contributed by atoms with Crippen LogP contribution in [-0.4, -0.2) is 36.6 Å². The third-order valence-corrected chi connectivity index (χ3v) is 7.20. The van der Waals surface area contributed by atoms with Crippen molar-refractivity contribution in [1.82, 2.24) is 15.5 Å². The second kappa shape index (κ2) is 8.81. The maximum absolute atomic E-state index is 13.4. The minimum Gasteiger partial charge on any atom is -0.440 e. The number of rotatable bonds is 3.